The number of carbonyl (C=O) groups is 1. The van der Waals surface area contributed by atoms with Gasteiger partial charge in [0.25, 0.3) is 5.91 Å². The molecule has 8 heteroatoms. The fraction of sp³-hybridized carbons (Fsp3) is 0.200. The molecule has 3 heterocycles. The van der Waals surface area contributed by atoms with Crippen LogP contribution in [0.5, 0.6) is 5.75 Å². The first-order valence-electron chi connectivity index (χ1n) is 10.5. The lowest BCUT2D eigenvalue weighted by atomic mass is 10.1. The van der Waals surface area contributed by atoms with Gasteiger partial charge in [0.2, 0.25) is 0 Å². The smallest absolute Gasteiger partial charge is 0.265 e. The number of amides is 1. The van der Waals surface area contributed by atoms with E-state index in [0.717, 1.165) is 58.6 Å². The first-order valence-corrected chi connectivity index (χ1v) is 11.3. The van der Waals surface area contributed by atoms with Gasteiger partial charge in [-0.2, -0.15) is 0 Å². The van der Waals surface area contributed by atoms with Gasteiger partial charge in [-0.1, -0.05) is 18.2 Å². The van der Waals surface area contributed by atoms with E-state index in [1.807, 2.05) is 54.7 Å². The van der Waals surface area contributed by atoms with E-state index in [1.165, 1.54) is 11.3 Å². The van der Waals surface area contributed by atoms with Crippen LogP contribution in [0.1, 0.15) is 22.5 Å². The Labute approximate surface area is 209 Å². The molecule has 1 aliphatic rings. The zero-order valence-electron chi connectivity index (χ0n) is 17.8. The van der Waals surface area contributed by atoms with Gasteiger partial charge in [-0.25, -0.2) is 0 Å². The number of aromatic nitrogens is 1. The largest absolute Gasteiger partial charge is 0.490 e. The van der Waals surface area contributed by atoms with Gasteiger partial charge < -0.3 is 15.4 Å². The van der Waals surface area contributed by atoms with Crippen LogP contribution in [-0.4, -0.2) is 30.1 Å². The van der Waals surface area contributed by atoms with Crippen LogP contribution in [0.4, 0.5) is 5.69 Å². The quantitative estimate of drug-likeness (QED) is 0.342. The number of piperidine rings is 1. The molecule has 0 atom stereocenters. The van der Waals surface area contributed by atoms with Crippen molar-refractivity contribution in [2.45, 2.75) is 18.9 Å². The summed E-state index contributed by atoms with van der Waals surface area (Å²) >= 11 is 1.48. The molecule has 1 aliphatic heterocycles. The van der Waals surface area contributed by atoms with E-state index in [1.54, 1.807) is 6.20 Å². The van der Waals surface area contributed by atoms with Gasteiger partial charge in [0.15, 0.2) is 0 Å². The maximum Gasteiger partial charge on any atom is 0.265 e. The van der Waals surface area contributed by atoms with Crippen molar-refractivity contribution in [1.82, 2.24) is 10.3 Å². The number of hydrogen-bond acceptors (Lipinski definition) is 5. The summed E-state index contributed by atoms with van der Waals surface area (Å²) in [6, 6.07) is 19.6. The second-order valence-corrected chi connectivity index (χ2v) is 8.71. The molecule has 1 amide bonds. The zero-order valence-corrected chi connectivity index (χ0v) is 20.3. The molecule has 4 aromatic rings. The number of benzene rings is 2. The average Bonchev–Trinajstić information content (AvgIpc) is 3.30. The average molecular weight is 502 g/mol. The molecule has 0 aliphatic carbocycles. The van der Waals surface area contributed by atoms with Crippen LogP contribution in [0.25, 0.3) is 21.2 Å². The van der Waals surface area contributed by atoms with E-state index in [4.69, 9.17) is 4.74 Å². The number of nitrogens with one attached hydrogen (secondary N) is 2. The Balaban J connectivity index is 0.00000153. The Hall–Kier alpha value is -2.64. The van der Waals surface area contributed by atoms with E-state index in [-0.39, 0.29) is 36.8 Å². The van der Waals surface area contributed by atoms with Crippen LogP contribution in [0, 0.1) is 0 Å². The van der Waals surface area contributed by atoms with Gasteiger partial charge >= 0.3 is 0 Å². The summed E-state index contributed by atoms with van der Waals surface area (Å²) in [5.41, 5.74) is 1.80. The number of hydrogen-bond donors (Lipinski definition) is 2. The molecule has 2 N–H and O–H groups in total. The highest BCUT2D eigenvalue weighted by Crippen LogP contribution is 2.39. The summed E-state index contributed by atoms with van der Waals surface area (Å²) in [6.07, 6.45) is 5.82. The predicted molar refractivity (Wildman–Crippen MR) is 140 cm³/mol. The van der Waals surface area contributed by atoms with Crippen molar-refractivity contribution in [2.24, 2.45) is 0 Å². The van der Waals surface area contributed by atoms with Gasteiger partial charge in [-0.15, -0.1) is 36.2 Å². The number of anilines is 1. The number of nitrogens with zero attached hydrogens (tertiary/aromatic N) is 1. The molecular formula is C25H25Cl2N3O2S. The van der Waals surface area contributed by atoms with Crippen molar-refractivity contribution >= 4 is 58.5 Å². The maximum atomic E-state index is 12.7. The zero-order chi connectivity index (χ0) is 21.0. The number of rotatable bonds is 5. The molecule has 2 aromatic heterocycles. The number of carbonyl (C=O) groups excluding carboxylic acids is 1. The molecule has 33 heavy (non-hydrogen) atoms. The van der Waals surface area contributed by atoms with Gasteiger partial charge in [0.05, 0.1) is 4.88 Å². The molecule has 1 saturated heterocycles. The Bertz CT molecular complexity index is 1210. The minimum absolute atomic E-state index is 0. The summed E-state index contributed by atoms with van der Waals surface area (Å²) in [4.78, 5) is 18.7. The van der Waals surface area contributed by atoms with Crippen molar-refractivity contribution in [2.75, 3.05) is 18.4 Å². The van der Waals surface area contributed by atoms with Crippen LogP contribution in [0.2, 0.25) is 0 Å². The Morgan fingerprint density at radius 1 is 1.00 bits per heavy atom. The summed E-state index contributed by atoms with van der Waals surface area (Å²) in [5, 5.41) is 8.49. The van der Waals surface area contributed by atoms with Crippen LogP contribution in [0.3, 0.4) is 0 Å². The van der Waals surface area contributed by atoms with Crippen molar-refractivity contribution in [1.29, 1.82) is 0 Å². The second kappa shape index (κ2) is 11.5. The summed E-state index contributed by atoms with van der Waals surface area (Å²) < 4.78 is 6.45. The van der Waals surface area contributed by atoms with E-state index < -0.39 is 0 Å². The van der Waals surface area contributed by atoms with Crippen molar-refractivity contribution < 1.29 is 9.53 Å². The number of para-hydroxylation sites is 1. The first-order chi connectivity index (χ1) is 15.3. The lowest BCUT2D eigenvalue weighted by Gasteiger charge is -2.25. The second-order valence-electron chi connectivity index (χ2n) is 7.62. The monoisotopic (exact) mass is 501 g/mol. The summed E-state index contributed by atoms with van der Waals surface area (Å²) in [7, 11) is 0. The van der Waals surface area contributed by atoms with E-state index in [0.29, 0.717) is 4.88 Å². The maximum absolute atomic E-state index is 12.7. The fourth-order valence-electron chi connectivity index (χ4n) is 3.82. The van der Waals surface area contributed by atoms with Gasteiger partial charge in [0.1, 0.15) is 11.9 Å². The number of thiophene rings is 1. The molecule has 0 radical (unpaired) electrons. The molecule has 172 valence electrons. The summed E-state index contributed by atoms with van der Waals surface area (Å²) in [5.74, 6) is 0.748. The van der Waals surface area contributed by atoms with E-state index in [2.05, 4.69) is 27.8 Å². The Kier molecular flexibility index (Phi) is 8.69. The highest BCUT2D eigenvalue weighted by molar-refractivity contribution is 7.17. The van der Waals surface area contributed by atoms with Crippen molar-refractivity contribution in [3.8, 4) is 16.2 Å². The third-order valence-corrected chi connectivity index (χ3v) is 6.56. The molecule has 2 aromatic carbocycles. The third kappa shape index (κ3) is 5.84. The van der Waals surface area contributed by atoms with E-state index in [9.17, 15) is 4.79 Å². The SMILES string of the molecule is Cl.Cl.O=C(Nc1ccccc1)c1ccc(-c2cc3ccncc3cc2OC2CCNCC2)s1. The molecule has 0 saturated carbocycles. The lowest BCUT2D eigenvalue weighted by Crippen LogP contribution is -2.34. The molecule has 5 nitrogen and oxygen atoms in total. The Morgan fingerprint density at radius 2 is 1.79 bits per heavy atom. The van der Waals surface area contributed by atoms with Crippen molar-refractivity contribution in [3.63, 3.8) is 0 Å². The first kappa shape index (κ1) is 25.0. The third-order valence-electron chi connectivity index (χ3n) is 5.45. The number of fused-ring (bicyclic) bond motifs is 1. The topological polar surface area (TPSA) is 63.2 Å². The van der Waals surface area contributed by atoms with Crippen LogP contribution in [0.15, 0.2) is 73.1 Å². The molecule has 5 rings (SSSR count). The van der Waals surface area contributed by atoms with Crippen LogP contribution >= 0.6 is 36.2 Å². The Morgan fingerprint density at radius 3 is 2.58 bits per heavy atom. The minimum atomic E-state index is -0.103. The number of halogens is 2. The predicted octanol–water partition coefficient (Wildman–Crippen LogP) is 6.19. The lowest BCUT2D eigenvalue weighted by molar-refractivity contribution is 0.103. The molecule has 1 fully saturated rings. The molecule has 0 bridgehead atoms. The fourth-order valence-corrected chi connectivity index (χ4v) is 4.74. The number of ether oxygens (including phenoxy) is 1. The molecule has 0 spiro atoms. The minimum Gasteiger partial charge on any atom is -0.490 e. The normalized spacial score (nSPS) is 13.6. The van der Waals surface area contributed by atoms with Crippen LogP contribution < -0.4 is 15.4 Å². The highest BCUT2D eigenvalue weighted by atomic mass is 35.5. The van der Waals surface area contributed by atoms with Gasteiger partial charge in [-0.05, 0) is 73.8 Å². The molecular weight excluding hydrogens is 477 g/mol. The van der Waals surface area contributed by atoms with Gasteiger partial charge in [-0.3, -0.25) is 9.78 Å². The van der Waals surface area contributed by atoms with Crippen LogP contribution in [-0.2, 0) is 0 Å². The molecule has 0 unspecified atom stereocenters. The van der Waals surface area contributed by atoms with E-state index >= 15 is 0 Å². The van der Waals surface area contributed by atoms with Gasteiger partial charge in [0, 0.05) is 33.9 Å². The number of pyridine rings is 1. The summed E-state index contributed by atoms with van der Waals surface area (Å²) in [6.45, 7) is 1.94. The highest BCUT2D eigenvalue weighted by Gasteiger charge is 2.19. The standard InChI is InChI=1S/C25H23N3O2S.2ClH/c29-25(28-19-4-2-1-3-5-19)24-7-6-23(31-24)21-14-17-8-11-27-16-18(17)15-22(21)30-20-9-12-26-13-10-20;;/h1-8,11,14-16,20,26H,9-10,12-13H2,(H,28,29);2*1H. The van der Waals surface area contributed by atoms with Crippen molar-refractivity contribution in [3.05, 3.63) is 77.9 Å².